The van der Waals surface area contributed by atoms with E-state index in [1.54, 1.807) is 0 Å². The van der Waals surface area contributed by atoms with Crippen LogP contribution in [0.2, 0.25) is 0 Å². The molecule has 0 aromatic heterocycles. The summed E-state index contributed by atoms with van der Waals surface area (Å²) in [6.07, 6.45) is 7.71. The number of para-hydroxylation sites is 2. The Hall–Kier alpha value is -2.24. The summed E-state index contributed by atoms with van der Waals surface area (Å²) < 4.78 is 5.99. The second-order valence-corrected chi connectivity index (χ2v) is 5.29. The quantitative estimate of drug-likeness (QED) is 0.842. The van der Waals surface area contributed by atoms with Crippen LogP contribution < -0.4 is 10.1 Å². The zero-order chi connectivity index (χ0) is 14.7. The fourth-order valence-electron chi connectivity index (χ4n) is 2.79. The van der Waals surface area contributed by atoms with E-state index in [9.17, 15) is 0 Å². The Balaban J connectivity index is 2.00. The van der Waals surface area contributed by atoms with Crippen molar-refractivity contribution in [3.63, 3.8) is 0 Å². The van der Waals surface area contributed by atoms with Crippen LogP contribution in [0.25, 0.3) is 0 Å². The molecule has 0 spiro atoms. The first-order valence-electron chi connectivity index (χ1n) is 7.41. The molecule has 2 aromatic carbocycles. The molecule has 1 unspecified atom stereocenters. The molecule has 2 aromatic rings. The number of nitrogens with one attached hydrogen (secondary N) is 1. The Morgan fingerprint density at radius 1 is 1.10 bits per heavy atom. The Kier molecular flexibility index (Phi) is 3.94. The molecule has 0 aliphatic carbocycles. The van der Waals surface area contributed by atoms with Crippen molar-refractivity contribution >= 4 is 0 Å². The summed E-state index contributed by atoms with van der Waals surface area (Å²) >= 11 is 0. The summed E-state index contributed by atoms with van der Waals surface area (Å²) in [7, 11) is 0. The molecule has 3 rings (SSSR count). The molecule has 0 amide bonds. The zero-order valence-corrected chi connectivity index (χ0v) is 12.2. The van der Waals surface area contributed by atoms with Crippen molar-refractivity contribution in [2.45, 2.75) is 31.8 Å². The van der Waals surface area contributed by atoms with Crippen molar-refractivity contribution in [3.8, 4) is 23.8 Å². The van der Waals surface area contributed by atoms with Gasteiger partial charge in [-0.2, -0.15) is 0 Å². The minimum atomic E-state index is 0.0687. The largest absolute Gasteiger partial charge is 0.457 e. The molecule has 1 aliphatic rings. The first-order valence-corrected chi connectivity index (χ1v) is 7.41. The van der Waals surface area contributed by atoms with E-state index in [1.807, 2.05) is 36.4 Å². The highest BCUT2D eigenvalue weighted by Gasteiger charge is 2.27. The van der Waals surface area contributed by atoms with Gasteiger partial charge >= 0.3 is 0 Å². The summed E-state index contributed by atoms with van der Waals surface area (Å²) in [5.74, 6) is 4.67. The van der Waals surface area contributed by atoms with E-state index in [2.05, 4.69) is 30.3 Å². The van der Waals surface area contributed by atoms with Gasteiger partial charge < -0.3 is 4.74 Å². The van der Waals surface area contributed by atoms with E-state index >= 15 is 0 Å². The predicted octanol–water partition coefficient (Wildman–Crippen LogP) is 4.27. The van der Waals surface area contributed by atoms with Crippen molar-refractivity contribution in [1.82, 2.24) is 5.32 Å². The Morgan fingerprint density at radius 2 is 1.67 bits per heavy atom. The van der Waals surface area contributed by atoms with Crippen molar-refractivity contribution in [2.75, 3.05) is 0 Å². The van der Waals surface area contributed by atoms with Crippen molar-refractivity contribution < 1.29 is 4.74 Å². The van der Waals surface area contributed by atoms with Gasteiger partial charge in [0, 0.05) is 11.1 Å². The second kappa shape index (κ2) is 6.03. The molecule has 1 heterocycles. The topological polar surface area (TPSA) is 21.3 Å². The first-order chi connectivity index (χ1) is 10.3. The molecule has 0 fully saturated rings. The highest BCUT2D eigenvalue weighted by atomic mass is 16.5. The maximum atomic E-state index is 5.99. The zero-order valence-electron chi connectivity index (χ0n) is 12.2. The standard InChI is InChI=1S/C19H19NO/c1-3-9-14(4-2)20-19-15-10-5-7-12-17(15)21-18-13-8-6-11-16(18)19/h2,5-8,10-14,19-20H,3,9H2,1H3. The van der Waals surface area contributed by atoms with Gasteiger partial charge in [-0.05, 0) is 18.6 Å². The molecule has 2 nitrogen and oxygen atoms in total. The number of benzene rings is 2. The number of fused-ring (bicyclic) bond motifs is 2. The van der Waals surface area contributed by atoms with Crippen LogP contribution in [-0.4, -0.2) is 6.04 Å². The highest BCUT2D eigenvalue weighted by Crippen LogP contribution is 2.42. The minimum Gasteiger partial charge on any atom is -0.457 e. The Morgan fingerprint density at radius 3 is 2.19 bits per heavy atom. The van der Waals surface area contributed by atoms with Crippen LogP contribution in [0.1, 0.15) is 36.9 Å². The number of ether oxygens (including phenoxy) is 1. The van der Waals surface area contributed by atoms with Crippen molar-refractivity contribution in [3.05, 3.63) is 59.7 Å². The van der Waals surface area contributed by atoms with Crippen LogP contribution in [0, 0.1) is 12.3 Å². The summed E-state index contributed by atoms with van der Waals surface area (Å²) in [6, 6.07) is 16.4. The molecule has 0 bridgehead atoms. The third-order valence-corrected chi connectivity index (χ3v) is 3.83. The van der Waals surface area contributed by atoms with Crippen LogP contribution >= 0.6 is 0 Å². The average molecular weight is 277 g/mol. The lowest BCUT2D eigenvalue weighted by Gasteiger charge is -2.30. The van der Waals surface area contributed by atoms with Gasteiger partial charge in [-0.15, -0.1) is 6.42 Å². The summed E-state index contributed by atoms with van der Waals surface area (Å²) in [6.45, 7) is 2.15. The monoisotopic (exact) mass is 277 g/mol. The van der Waals surface area contributed by atoms with Crippen molar-refractivity contribution in [1.29, 1.82) is 0 Å². The number of hydrogen-bond acceptors (Lipinski definition) is 2. The minimum absolute atomic E-state index is 0.0687. The SMILES string of the molecule is C#CC(CCC)NC1c2ccccc2Oc2ccccc21. The van der Waals surface area contributed by atoms with Crippen LogP contribution in [-0.2, 0) is 0 Å². The molecule has 1 aliphatic heterocycles. The lowest BCUT2D eigenvalue weighted by atomic mass is 9.93. The first kappa shape index (κ1) is 13.7. The van der Waals surface area contributed by atoms with Gasteiger partial charge in [0.2, 0.25) is 0 Å². The summed E-state index contributed by atoms with van der Waals surface area (Å²) in [4.78, 5) is 0. The number of hydrogen-bond donors (Lipinski definition) is 1. The molecule has 21 heavy (non-hydrogen) atoms. The van der Waals surface area contributed by atoms with Gasteiger partial charge in [-0.25, -0.2) is 0 Å². The molecular formula is C19H19NO. The van der Waals surface area contributed by atoms with Gasteiger partial charge in [0.15, 0.2) is 0 Å². The molecule has 106 valence electrons. The third-order valence-electron chi connectivity index (χ3n) is 3.83. The highest BCUT2D eigenvalue weighted by molar-refractivity contribution is 5.53. The molecular weight excluding hydrogens is 258 g/mol. The molecule has 0 saturated carbocycles. The number of rotatable bonds is 4. The van der Waals surface area contributed by atoms with E-state index in [1.165, 1.54) is 0 Å². The van der Waals surface area contributed by atoms with Gasteiger partial charge in [0.1, 0.15) is 11.5 Å². The van der Waals surface area contributed by atoms with Gasteiger partial charge in [0.25, 0.3) is 0 Å². The van der Waals surface area contributed by atoms with E-state index in [4.69, 9.17) is 11.2 Å². The summed E-state index contributed by atoms with van der Waals surface area (Å²) in [5.41, 5.74) is 2.29. The van der Waals surface area contributed by atoms with Crippen LogP contribution in [0.15, 0.2) is 48.5 Å². The van der Waals surface area contributed by atoms with E-state index in [0.29, 0.717) is 0 Å². The Bertz CT molecular complexity index is 626. The van der Waals surface area contributed by atoms with Gasteiger partial charge in [-0.3, -0.25) is 5.32 Å². The number of terminal acetylenes is 1. The fraction of sp³-hybridized carbons (Fsp3) is 0.263. The van der Waals surface area contributed by atoms with Crippen molar-refractivity contribution in [2.24, 2.45) is 0 Å². The molecule has 0 saturated heterocycles. The average Bonchev–Trinajstić information content (AvgIpc) is 2.53. The van der Waals surface area contributed by atoms with Crippen LogP contribution in [0.3, 0.4) is 0 Å². The maximum Gasteiger partial charge on any atom is 0.132 e. The molecule has 0 radical (unpaired) electrons. The molecule has 1 N–H and O–H groups in total. The Labute approximate surface area is 126 Å². The van der Waals surface area contributed by atoms with E-state index < -0.39 is 0 Å². The molecule has 1 atom stereocenters. The van der Waals surface area contributed by atoms with Crippen LogP contribution in [0.4, 0.5) is 0 Å². The summed E-state index contributed by atoms with van der Waals surface area (Å²) in [5, 5.41) is 3.60. The van der Waals surface area contributed by atoms with Crippen LogP contribution in [0.5, 0.6) is 11.5 Å². The van der Waals surface area contributed by atoms with Gasteiger partial charge in [-0.1, -0.05) is 55.7 Å². The lowest BCUT2D eigenvalue weighted by Crippen LogP contribution is -2.33. The fourth-order valence-corrected chi connectivity index (χ4v) is 2.79. The van der Waals surface area contributed by atoms with E-state index in [-0.39, 0.29) is 12.1 Å². The normalized spacial score (nSPS) is 14.5. The van der Waals surface area contributed by atoms with E-state index in [0.717, 1.165) is 35.5 Å². The third kappa shape index (κ3) is 2.66. The predicted molar refractivity (Wildman–Crippen MR) is 85.5 cm³/mol. The van der Waals surface area contributed by atoms with Gasteiger partial charge in [0.05, 0.1) is 12.1 Å². The molecule has 2 heteroatoms. The maximum absolute atomic E-state index is 5.99. The lowest BCUT2D eigenvalue weighted by molar-refractivity contribution is 0.415. The smallest absolute Gasteiger partial charge is 0.132 e. The second-order valence-electron chi connectivity index (χ2n) is 5.29.